The van der Waals surface area contributed by atoms with Gasteiger partial charge in [0, 0.05) is 20.2 Å². The highest BCUT2D eigenvalue weighted by atomic mass is 16.5. The molecule has 162 valence electrons. The number of carbonyl (C=O) groups excluding carboxylic acids is 2. The SMILES string of the molecule is CCCn1c(N)c(N(CCOC)C(=O)COC(=O)c2ccccc2C)c(=O)[nH]c1=O. The minimum Gasteiger partial charge on any atom is -0.452 e. The van der Waals surface area contributed by atoms with Crippen LogP contribution >= 0.6 is 0 Å². The summed E-state index contributed by atoms with van der Waals surface area (Å²) in [5, 5.41) is 0. The van der Waals surface area contributed by atoms with Crippen molar-refractivity contribution in [2.75, 3.05) is 37.5 Å². The lowest BCUT2D eigenvalue weighted by Crippen LogP contribution is -2.44. The van der Waals surface area contributed by atoms with Crippen LogP contribution in [-0.4, -0.2) is 48.3 Å². The Morgan fingerprint density at radius 1 is 1.23 bits per heavy atom. The summed E-state index contributed by atoms with van der Waals surface area (Å²) in [6.07, 6.45) is 0.593. The molecule has 0 fully saturated rings. The number of aryl methyl sites for hydroxylation is 1. The summed E-state index contributed by atoms with van der Waals surface area (Å²) < 4.78 is 11.3. The highest BCUT2D eigenvalue weighted by Crippen LogP contribution is 2.17. The van der Waals surface area contributed by atoms with Gasteiger partial charge in [0.05, 0.1) is 12.2 Å². The zero-order valence-corrected chi connectivity index (χ0v) is 17.3. The molecule has 0 aliphatic carbocycles. The van der Waals surface area contributed by atoms with E-state index in [1.54, 1.807) is 31.2 Å². The first-order valence-corrected chi connectivity index (χ1v) is 9.46. The Labute approximate surface area is 173 Å². The summed E-state index contributed by atoms with van der Waals surface area (Å²) in [5.41, 5.74) is 5.44. The van der Waals surface area contributed by atoms with Gasteiger partial charge < -0.3 is 15.2 Å². The Morgan fingerprint density at radius 2 is 1.93 bits per heavy atom. The molecule has 30 heavy (non-hydrogen) atoms. The van der Waals surface area contributed by atoms with Crippen LogP contribution in [0.2, 0.25) is 0 Å². The number of methoxy groups -OCH3 is 1. The minimum atomic E-state index is -0.806. The maximum Gasteiger partial charge on any atom is 0.338 e. The Kier molecular flexibility index (Phi) is 7.93. The summed E-state index contributed by atoms with van der Waals surface area (Å²) in [6.45, 7) is 3.33. The van der Waals surface area contributed by atoms with Gasteiger partial charge in [-0.25, -0.2) is 9.59 Å². The van der Waals surface area contributed by atoms with Gasteiger partial charge in [0.1, 0.15) is 5.82 Å². The zero-order chi connectivity index (χ0) is 22.3. The average Bonchev–Trinajstić information content (AvgIpc) is 2.71. The first kappa shape index (κ1) is 22.9. The van der Waals surface area contributed by atoms with Crippen molar-refractivity contribution in [2.24, 2.45) is 0 Å². The van der Waals surface area contributed by atoms with E-state index in [-0.39, 0.29) is 31.2 Å². The molecule has 0 aliphatic heterocycles. The van der Waals surface area contributed by atoms with Crippen molar-refractivity contribution < 1.29 is 19.1 Å². The zero-order valence-electron chi connectivity index (χ0n) is 17.3. The highest BCUT2D eigenvalue weighted by molar-refractivity contribution is 5.98. The fourth-order valence-electron chi connectivity index (χ4n) is 2.91. The van der Waals surface area contributed by atoms with Crippen LogP contribution in [0.3, 0.4) is 0 Å². The number of ether oxygens (including phenoxy) is 2. The van der Waals surface area contributed by atoms with Gasteiger partial charge in [-0.2, -0.15) is 0 Å². The second-order valence-electron chi connectivity index (χ2n) is 6.57. The number of aromatic nitrogens is 2. The molecule has 0 saturated carbocycles. The molecular weight excluding hydrogens is 392 g/mol. The van der Waals surface area contributed by atoms with Gasteiger partial charge in [0.15, 0.2) is 12.3 Å². The largest absolute Gasteiger partial charge is 0.452 e. The van der Waals surface area contributed by atoms with E-state index in [0.717, 1.165) is 4.90 Å². The van der Waals surface area contributed by atoms with E-state index < -0.39 is 29.7 Å². The lowest BCUT2D eigenvalue weighted by Gasteiger charge is -2.24. The van der Waals surface area contributed by atoms with E-state index in [4.69, 9.17) is 15.2 Å². The number of esters is 1. The number of anilines is 2. The second kappa shape index (κ2) is 10.4. The van der Waals surface area contributed by atoms with Crippen LogP contribution in [0.15, 0.2) is 33.9 Å². The van der Waals surface area contributed by atoms with Crippen LogP contribution in [0.5, 0.6) is 0 Å². The van der Waals surface area contributed by atoms with Crippen LogP contribution in [0.1, 0.15) is 29.3 Å². The number of hydrogen-bond donors (Lipinski definition) is 2. The van der Waals surface area contributed by atoms with Crippen LogP contribution in [0.4, 0.5) is 11.5 Å². The first-order valence-electron chi connectivity index (χ1n) is 9.46. The van der Waals surface area contributed by atoms with E-state index in [2.05, 4.69) is 4.98 Å². The summed E-state index contributed by atoms with van der Waals surface area (Å²) in [5.74, 6) is -1.47. The number of carbonyl (C=O) groups is 2. The molecule has 0 radical (unpaired) electrons. The molecule has 0 saturated heterocycles. The van der Waals surface area contributed by atoms with Gasteiger partial charge in [0.2, 0.25) is 0 Å². The molecule has 2 rings (SSSR count). The molecule has 0 aliphatic rings. The number of benzene rings is 1. The van der Waals surface area contributed by atoms with Gasteiger partial charge in [-0.1, -0.05) is 25.1 Å². The number of nitrogens with one attached hydrogen (secondary N) is 1. The number of H-pyrrole nitrogens is 1. The molecule has 0 atom stereocenters. The average molecular weight is 418 g/mol. The van der Waals surface area contributed by atoms with Gasteiger partial charge in [0.25, 0.3) is 11.5 Å². The molecule has 1 amide bonds. The number of nitrogen functional groups attached to an aromatic ring is 1. The molecule has 1 heterocycles. The van der Waals surface area contributed by atoms with E-state index in [0.29, 0.717) is 17.5 Å². The summed E-state index contributed by atoms with van der Waals surface area (Å²) in [4.78, 5) is 52.9. The molecule has 10 heteroatoms. The first-order chi connectivity index (χ1) is 14.3. The quantitative estimate of drug-likeness (QED) is 0.571. The van der Waals surface area contributed by atoms with Gasteiger partial charge >= 0.3 is 11.7 Å². The maximum atomic E-state index is 12.8. The maximum absolute atomic E-state index is 12.8. The van der Waals surface area contributed by atoms with Crippen LogP contribution in [0, 0.1) is 6.92 Å². The molecule has 1 aromatic carbocycles. The van der Waals surface area contributed by atoms with Crippen LogP contribution in [0.25, 0.3) is 0 Å². The number of hydrogen-bond acceptors (Lipinski definition) is 7. The summed E-state index contributed by atoms with van der Waals surface area (Å²) in [6, 6.07) is 6.81. The Bertz CT molecular complexity index is 1030. The van der Waals surface area contributed by atoms with Crippen molar-refractivity contribution in [1.82, 2.24) is 9.55 Å². The standard InChI is InChI=1S/C20H26N4O6/c1-4-9-24-17(21)16(18(26)22-20(24)28)23(10-11-29-3)15(25)12-30-19(27)14-8-6-5-7-13(14)2/h5-8H,4,9-12,21H2,1-3H3,(H,22,26,28). The van der Waals surface area contributed by atoms with Crippen molar-refractivity contribution in [3.8, 4) is 0 Å². The van der Waals surface area contributed by atoms with Crippen molar-refractivity contribution in [2.45, 2.75) is 26.8 Å². The Balaban J connectivity index is 2.32. The predicted molar refractivity (Wildman–Crippen MR) is 112 cm³/mol. The predicted octanol–water partition coefficient (Wildman–Crippen LogP) is 0.674. The van der Waals surface area contributed by atoms with E-state index in [1.807, 2.05) is 6.92 Å². The molecule has 3 N–H and O–H groups in total. The van der Waals surface area contributed by atoms with E-state index in [1.165, 1.54) is 11.7 Å². The fraction of sp³-hybridized carbons (Fsp3) is 0.400. The number of rotatable bonds is 9. The van der Waals surface area contributed by atoms with E-state index in [9.17, 15) is 19.2 Å². The molecular formula is C20H26N4O6. The summed E-state index contributed by atoms with van der Waals surface area (Å²) in [7, 11) is 1.44. The van der Waals surface area contributed by atoms with Crippen LogP contribution < -0.4 is 21.9 Å². The van der Waals surface area contributed by atoms with Crippen molar-refractivity contribution in [1.29, 1.82) is 0 Å². The number of nitrogens with two attached hydrogens (primary N) is 1. The lowest BCUT2D eigenvalue weighted by atomic mass is 10.1. The molecule has 0 spiro atoms. The molecule has 2 aromatic rings. The van der Waals surface area contributed by atoms with E-state index >= 15 is 0 Å². The van der Waals surface area contributed by atoms with Gasteiger partial charge in [-0.3, -0.25) is 24.0 Å². The number of amides is 1. The molecule has 10 nitrogen and oxygen atoms in total. The minimum absolute atomic E-state index is 0.0190. The third kappa shape index (κ3) is 5.15. The number of aromatic amines is 1. The second-order valence-corrected chi connectivity index (χ2v) is 6.57. The third-order valence-corrected chi connectivity index (χ3v) is 4.44. The van der Waals surface area contributed by atoms with Gasteiger partial charge in [-0.05, 0) is 25.0 Å². The fourth-order valence-corrected chi connectivity index (χ4v) is 2.91. The molecule has 0 bridgehead atoms. The number of nitrogens with zero attached hydrogens (tertiary/aromatic N) is 2. The smallest absolute Gasteiger partial charge is 0.338 e. The molecule has 1 aromatic heterocycles. The summed E-state index contributed by atoms with van der Waals surface area (Å²) >= 11 is 0. The topological polar surface area (TPSA) is 137 Å². The Hall–Kier alpha value is -3.40. The normalized spacial score (nSPS) is 10.6. The highest BCUT2D eigenvalue weighted by Gasteiger charge is 2.25. The lowest BCUT2D eigenvalue weighted by molar-refractivity contribution is -0.121. The van der Waals surface area contributed by atoms with Crippen molar-refractivity contribution in [3.05, 3.63) is 56.2 Å². The third-order valence-electron chi connectivity index (χ3n) is 4.44. The van der Waals surface area contributed by atoms with Crippen molar-refractivity contribution >= 4 is 23.4 Å². The monoisotopic (exact) mass is 418 g/mol. The van der Waals surface area contributed by atoms with Crippen LogP contribution in [-0.2, 0) is 20.8 Å². The van der Waals surface area contributed by atoms with Crippen molar-refractivity contribution in [3.63, 3.8) is 0 Å². The Morgan fingerprint density at radius 3 is 2.57 bits per heavy atom. The van der Waals surface area contributed by atoms with Gasteiger partial charge in [-0.15, -0.1) is 0 Å². The molecule has 0 unspecified atom stereocenters.